The fourth-order valence-electron chi connectivity index (χ4n) is 3.83. The predicted molar refractivity (Wildman–Crippen MR) is 116 cm³/mol. The minimum Gasteiger partial charge on any atom is -0.462 e. The molecule has 0 amide bonds. The van der Waals surface area contributed by atoms with E-state index in [0.717, 1.165) is 5.69 Å². The zero-order valence-corrected chi connectivity index (χ0v) is 18.7. The van der Waals surface area contributed by atoms with E-state index >= 15 is 0 Å². The molecule has 0 aliphatic rings. The molecular weight excluding hydrogens is 415 g/mol. The Morgan fingerprint density at radius 3 is 2.19 bits per heavy atom. The number of ketones is 1. The van der Waals surface area contributed by atoms with Gasteiger partial charge in [-0.2, -0.15) is 0 Å². The van der Waals surface area contributed by atoms with Crippen LogP contribution in [0, 0.1) is 33.5 Å². The normalized spacial score (nSPS) is 10.8. The average Bonchev–Trinajstić information content (AvgIpc) is 3.21. The molecule has 3 rings (SSSR count). The Balaban J connectivity index is 1.80. The van der Waals surface area contributed by atoms with Crippen molar-refractivity contribution in [3.63, 3.8) is 0 Å². The molecule has 7 nitrogen and oxygen atoms in total. The summed E-state index contributed by atoms with van der Waals surface area (Å²) in [4.78, 5) is 40.8. The summed E-state index contributed by atoms with van der Waals surface area (Å²) >= 11 is 0. The van der Waals surface area contributed by atoms with E-state index in [1.165, 1.54) is 12.1 Å². The molecule has 1 aromatic carbocycles. The van der Waals surface area contributed by atoms with Crippen molar-refractivity contribution < 1.29 is 28.2 Å². The number of aromatic amines is 1. The Kier molecular flexibility index (Phi) is 6.62. The van der Waals surface area contributed by atoms with Gasteiger partial charge in [0, 0.05) is 28.5 Å². The Morgan fingerprint density at radius 2 is 1.56 bits per heavy atom. The maximum atomic E-state index is 13.3. The third-order valence-corrected chi connectivity index (χ3v) is 5.20. The third kappa shape index (κ3) is 4.34. The molecule has 0 aliphatic carbocycles. The van der Waals surface area contributed by atoms with Crippen molar-refractivity contribution in [2.45, 2.75) is 34.6 Å². The van der Waals surface area contributed by atoms with Crippen LogP contribution in [0.5, 0.6) is 0 Å². The van der Waals surface area contributed by atoms with Gasteiger partial charge in [0.1, 0.15) is 5.82 Å². The number of H-pyrrole nitrogens is 1. The number of esters is 2. The third-order valence-electron chi connectivity index (χ3n) is 5.20. The highest BCUT2D eigenvalue weighted by Gasteiger charge is 2.27. The number of nitrogens with one attached hydrogen (secondary N) is 1. The Labute approximate surface area is 185 Å². The summed E-state index contributed by atoms with van der Waals surface area (Å²) in [6, 6.07) is 7.56. The van der Waals surface area contributed by atoms with Gasteiger partial charge in [-0.25, -0.2) is 14.0 Å². The van der Waals surface area contributed by atoms with Gasteiger partial charge in [0.05, 0.1) is 23.3 Å². The molecule has 0 unspecified atom stereocenters. The second-order valence-electron chi connectivity index (χ2n) is 7.44. The van der Waals surface area contributed by atoms with Crippen molar-refractivity contribution in [1.82, 2.24) is 9.55 Å². The molecule has 2 aromatic heterocycles. The van der Waals surface area contributed by atoms with E-state index in [1.54, 1.807) is 50.5 Å². The maximum absolute atomic E-state index is 13.3. The highest BCUT2D eigenvalue weighted by atomic mass is 19.1. The molecule has 1 N–H and O–H groups in total. The second-order valence-corrected chi connectivity index (χ2v) is 7.44. The second kappa shape index (κ2) is 9.21. The van der Waals surface area contributed by atoms with Gasteiger partial charge in [0.25, 0.3) is 0 Å². The predicted octanol–water partition coefficient (Wildman–Crippen LogP) is 4.39. The number of halogens is 1. The van der Waals surface area contributed by atoms with Crippen molar-refractivity contribution in [3.05, 3.63) is 75.6 Å². The molecule has 0 atom stereocenters. The molecular formula is C24H25FN2O5. The molecule has 0 fully saturated rings. The minimum absolute atomic E-state index is 0.153. The first-order chi connectivity index (χ1) is 15.1. The largest absolute Gasteiger partial charge is 0.462 e. The minimum atomic E-state index is -0.664. The lowest BCUT2D eigenvalue weighted by Gasteiger charge is -2.10. The van der Waals surface area contributed by atoms with Crippen LogP contribution in [0.1, 0.15) is 60.8 Å². The Bertz CT molecular complexity index is 1190. The highest BCUT2D eigenvalue weighted by molar-refractivity contribution is 6.09. The first-order valence-electron chi connectivity index (χ1n) is 10.2. The lowest BCUT2D eigenvalue weighted by atomic mass is 10.1. The van der Waals surface area contributed by atoms with Crippen LogP contribution in [0.15, 0.2) is 30.3 Å². The lowest BCUT2D eigenvalue weighted by molar-refractivity contribution is 0.0471. The average molecular weight is 440 g/mol. The number of carbonyl (C=O) groups excluding carboxylic acids is 3. The van der Waals surface area contributed by atoms with Crippen molar-refractivity contribution >= 4 is 17.7 Å². The topological polar surface area (TPSA) is 90.4 Å². The Morgan fingerprint density at radius 1 is 0.938 bits per heavy atom. The molecule has 0 spiro atoms. The summed E-state index contributed by atoms with van der Waals surface area (Å²) in [5, 5.41) is 0. The number of hydrogen-bond donors (Lipinski definition) is 1. The van der Waals surface area contributed by atoms with Gasteiger partial charge in [0.15, 0.2) is 6.61 Å². The summed E-state index contributed by atoms with van der Waals surface area (Å²) in [5.74, 6) is -2.13. The standard InChI is InChI=1S/C24H25FN2O5/c1-6-31-24(30)22-15(4)26-14(3)21(22)20(28)12-32-23(29)19-11-13(2)27(16(19)5)18-9-7-17(25)8-10-18/h7-11,26H,6,12H2,1-5H3. The van der Waals surface area contributed by atoms with E-state index in [9.17, 15) is 18.8 Å². The number of carbonyl (C=O) groups is 3. The number of benzene rings is 1. The quantitative estimate of drug-likeness (QED) is 0.435. The van der Waals surface area contributed by atoms with Crippen LogP contribution < -0.4 is 0 Å². The molecule has 3 aromatic rings. The fraction of sp³-hybridized carbons (Fsp3) is 0.292. The number of rotatable bonds is 7. The van der Waals surface area contributed by atoms with E-state index in [-0.39, 0.29) is 23.6 Å². The molecule has 2 heterocycles. The van der Waals surface area contributed by atoms with Gasteiger partial charge in [-0.05, 0) is 65.0 Å². The first-order valence-corrected chi connectivity index (χ1v) is 10.2. The van der Waals surface area contributed by atoms with Crippen LogP contribution in [0.4, 0.5) is 4.39 Å². The number of nitrogens with zero attached hydrogens (tertiary/aromatic N) is 1. The number of Topliss-reactive ketones (excluding diaryl/α,β-unsaturated/α-hetero) is 1. The number of aromatic nitrogens is 2. The highest BCUT2D eigenvalue weighted by Crippen LogP contribution is 2.23. The monoisotopic (exact) mass is 440 g/mol. The van der Waals surface area contributed by atoms with Crippen molar-refractivity contribution in [3.8, 4) is 5.69 Å². The summed E-state index contributed by atoms with van der Waals surface area (Å²) < 4.78 is 25.4. The molecule has 32 heavy (non-hydrogen) atoms. The van der Waals surface area contributed by atoms with E-state index in [0.29, 0.717) is 28.3 Å². The molecule has 0 radical (unpaired) electrons. The van der Waals surface area contributed by atoms with Gasteiger partial charge in [-0.1, -0.05) is 0 Å². The van der Waals surface area contributed by atoms with E-state index in [2.05, 4.69) is 4.98 Å². The molecule has 0 bridgehead atoms. The van der Waals surface area contributed by atoms with Gasteiger partial charge < -0.3 is 19.0 Å². The van der Waals surface area contributed by atoms with Crippen LogP contribution in [-0.4, -0.2) is 40.5 Å². The molecule has 8 heteroatoms. The van der Waals surface area contributed by atoms with E-state index < -0.39 is 24.3 Å². The van der Waals surface area contributed by atoms with Crippen LogP contribution >= 0.6 is 0 Å². The molecule has 168 valence electrons. The van der Waals surface area contributed by atoms with Crippen molar-refractivity contribution in [2.24, 2.45) is 0 Å². The fourth-order valence-corrected chi connectivity index (χ4v) is 3.83. The first kappa shape index (κ1) is 23.0. The van der Waals surface area contributed by atoms with Gasteiger partial charge in [-0.15, -0.1) is 0 Å². The van der Waals surface area contributed by atoms with Crippen LogP contribution in [0.25, 0.3) is 5.69 Å². The summed E-state index contributed by atoms with van der Waals surface area (Å²) in [6.07, 6.45) is 0. The zero-order valence-electron chi connectivity index (χ0n) is 18.7. The van der Waals surface area contributed by atoms with Crippen LogP contribution in [0.2, 0.25) is 0 Å². The summed E-state index contributed by atoms with van der Waals surface area (Å²) in [6.45, 7) is 8.23. The summed E-state index contributed by atoms with van der Waals surface area (Å²) in [7, 11) is 0. The Hall–Kier alpha value is -3.68. The summed E-state index contributed by atoms with van der Waals surface area (Å²) in [5.41, 5.74) is 3.69. The van der Waals surface area contributed by atoms with E-state index in [1.807, 2.05) is 6.92 Å². The van der Waals surface area contributed by atoms with Gasteiger partial charge >= 0.3 is 11.9 Å². The number of hydrogen-bond acceptors (Lipinski definition) is 5. The smallest absolute Gasteiger partial charge is 0.340 e. The van der Waals surface area contributed by atoms with Crippen LogP contribution in [-0.2, 0) is 9.47 Å². The number of aryl methyl sites for hydroxylation is 3. The lowest BCUT2D eigenvalue weighted by Crippen LogP contribution is -2.18. The van der Waals surface area contributed by atoms with E-state index in [4.69, 9.17) is 9.47 Å². The molecule has 0 saturated carbocycles. The molecule has 0 aliphatic heterocycles. The van der Waals surface area contributed by atoms with Crippen molar-refractivity contribution in [1.29, 1.82) is 0 Å². The van der Waals surface area contributed by atoms with Gasteiger partial charge in [-0.3, -0.25) is 4.79 Å². The van der Waals surface area contributed by atoms with Crippen molar-refractivity contribution in [2.75, 3.05) is 13.2 Å². The zero-order chi connectivity index (χ0) is 23.6. The van der Waals surface area contributed by atoms with Gasteiger partial charge in [0.2, 0.25) is 5.78 Å². The van der Waals surface area contributed by atoms with Crippen LogP contribution in [0.3, 0.4) is 0 Å². The maximum Gasteiger partial charge on any atom is 0.340 e. The molecule has 0 saturated heterocycles. The SMILES string of the molecule is CCOC(=O)c1c(C)[nH]c(C)c1C(=O)COC(=O)c1cc(C)n(-c2ccc(F)cc2)c1C. The number of ether oxygens (including phenoxy) is 2.